The van der Waals surface area contributed by atoms with Gasteiger partial charge in [-0.2, -0.15) is 12.8 Å². The predicted octanol–water partition coefficient (Wildman–Crippen LogP) is 19.4. The number of allylic oxidation sites excluding steroid dienone is 2. The Bertz CT molecular complexity index is 1300. The van der Waals surface area contributed by atoms with E-state index in [0.717, 1.165) is 61.0 Å². The molecule has 0 fully saturated rings. The van der Waals surface area contributed by atoms with Crippen molar-refractivity contribution in [1.82, 2.24) is 0 Å². The third kappa shape index (κ3) is 25.5. The van der Waals surface area contributed by atoms with Gasteiger partial charge in [0.15, 0.2) is 0 Å². The molecule has 0 N–H and O–H groups in total. The van der Waals surface area contributed by atoms with E-state index in [1.165, 1.54) is 189 Å². The quantitative estimate of drug-likeness (QED) is 0.0303. The molecule has 0 saturated heterocycles. The van der Waals surface area contributed by atoms with E-state index in [0.29, 0.717) is 0 Å². The Labute approximate surface area is 379 Å². The number of benzene rings is 2. The Hall–Kier alpha value is -1.99. The molecular formula is C56H94N2Ni. The third-order valence-corrected chi connectivity index (χ3v) is 11.7. The van der Waals surface area contributed by atoms with Gasteiger partial charge >= 0.3 is 16.5 Å². The molecule has 0 aliphatic carbocycles. The number of rotatable bonds is 32. The van der Waals surface area contributed by atoms with Gasteiger partial charge in [0, 0.05) is 22.3 Å². The number of aryl methyl sites for hydroxylation is 2. The van der Waals surface area contributed by atoms with Crippen LogP contribution in [0.5, 0.6) is 0 Å². The Morgan fingerprint density at radius 2 is 0.627 bits per heavy atom. The first kappa shape index (κ1) is 57.0. The summed E-state index contributed by atoms with van der Waals surface area (Å²) in [5.74, 6) is 0. The minimum atomic E-state index is 0. The Morgan fingerprint density at radius 1 is 0.356 bits per heavy atom. The van der Waals surface area contributed by atoms with Gasteiger partial charge in [-0.15, -0.1) is 0 Å². The molecule has 59 heavy (non-hydrogen) atoms. The second-order valence-electron chi connectivity index (χ2n) is 17.1. The Balaban J connectivity index is 0.00000191. The van der Waals surface area contributed by atoms with E-state index in [1.807, 2.05) is 0 Å². The summed E-state index contributed by atoms with van der Waals surface area (Å²) < 4.78 is 1.57. The Morgan fingerprint density at radius 3 is 0.966 bits per heavy atom. The first-order valence-electron chi connectivity index (χ1n) is 25.2. The first-order valence-corrected chi connectivity index (χ1v) is 25.2. The number of hydrogen-bond donors (Lipinski definition) is 0. The predicted molar refractivity (Wildman–Crippen MR) is 261 cm³/mol. The van der Waals surface area contributed by atoms with Crippen LogP contribution in [-0.4, -0.2) is 4.70 Å². The SMILES string of the molecule is CCCCCCCCC1=C(c2ccc(CCCCCCCC)cc2)[N+](=[N-])C(c2ccc(CCCC)cc2)=C1CCCCCC.[CH2-]CCCCCC.[CH2-]CCCCCC.[Ni+2]. The van der Waals surface area contributed by atoms with Crippen molar-refractivity contribution in [3.8, 4) is 0 Å². The maximum Gasteiger partial charge on any atom is 2.00 e. The van der Waals surface area contributed by atoms with Gasteiger partial charge in [0.05, 0.1) is 0 Å². The van der Waals surface area contributed by atoms with Crippen molar-refractivity contribution in [2.75, 3.05) is 0 Å². The zero-order valence-corrected chi connectivity index (χ0v) is 40.9. The summed E-state index contributed by atoms with van der Waals surface area (Å²) in [4.78, 5) is 0. The minimum Gasteiger partial charge on any atom is -0.493 e. The van der Waals surface area contributed by atoms with E-state index < -0.39 is 0 Å². The van der Waals surface area contributed by atoms with Crippen molar-refractivity contribution >= 4 is 11.4 Å². The van der Waals surface area contributed by atoms with E-state index in [-0.39, 0.29) is 16.5 Å². The van der Waals surface area contributed by atoms with Gasteiger partial charge in [0.25, 0.3) is 0 Å². The molecule has 1 aliphatic heterocycles. The number of nitrogens with zero attached hydrogens (tertiary/aromatic N) is 2. The molecule has 0 amide bonds. The van der Waals surface area contributed by atoms with Crippen LogP contribution in [0.15, 0.2) is 59.7 Å². The van der Waals surface area contributed by atoms with E-state index in [2.05, 4.69) is 104 Å². The monoisotopic (exact) mass is 853 g/mol. The Kier molecular flexibility index (Phi) is 38.8. The molecule has 1 heterocycles. The maximum absolute atomic E-state index is 12.0. The topological polar surface area (TPSA) is 25.3 Å². The summed E-state index contributed by atoms with van der Waals surface area (Å²) in [5.41, 5.74) is 21.9. The van der Waals surface area contributed by atoms with E-state index in [9.17, 15) is 5.53 Å². The average Bonchev–Trinajstić information content (AvgIpc) is 3.52. The van der Waals surface area contributed by atoms with E-state index >= 15 is 0 Å². The first-order chi connectivity index (χ1) is 28.5. The summed E-state index contributed by atoms with van der Waals surface area (Å²) in [6, 6.07) is 18.2. The van der Waals surface area contributed by atoms with Crippen molar-refractivity contribution < 1.29 is 21.2 Å². The van der Waals surface area contributed by atoms with Crippen molar-refractivity contribution in [2.24, 2.45) is 0 Å². The second kappa shape index (κ2) is 40.1. The molecule has 2 aromatic carbocycles. The molecule has 0 spiro atoms. The molecule has 338 valence electrons. The van der Waals surface area contributed by atoms with Crippen LogP contribution in [0.25, 0.3) is 16.9 Å². The van der Waals surface area contributed by atoms with Gasteiger partial charge in [0.2, 0.25) is 11.4 Å². The number of hydrogen-bond acceptors (Lipinski definition) is 0. The molecule has 1 aliphatic rings. The molecule has 0 saturated carbocycles. The van der Waals surface area contributed by atoms with Crippen molar-refractivity contribution in [3.05, 3.63) is 101 Å². The van der Waals surface area contributed by atoms with Crippen molar-refractivity contribution in [1.29, 1.82) is 0 Å². The number of unbranched alkanes of at least 4 members (excludes halogenated alkanes) is 22. The standard InChI is InChI=1S/C42H64N2.2C7H15.Ni/c1-5-9-13-16-18-20-24-36-29-33-38(34-30-36)42-40(26-22-19-17-14-10-6-2)39(25-21-15-11-7-3)41(44(42)43)37-31-27-35(28-32-37)23-12-8-4;2*1-3-5-7-6-4-2;/h27-34H,5-26H2,1-4H3;2*1,3-7H2,2H3;/q;2*-1;+2. The van der Waals surface area contributed by atoms with E-state index in [4.69, 9.17) is 0 Å². The van der Waals surface area contributed by atoms with Gasteiger partial charge in [-0.1, -0.05) is 207 Å². The van der Waals surface area contributed by atoms with Gasteiger partial charge in [0.1, 0.15) is 0 Å². The normalized spacial score (nSPS) is 12.3. The fourth-order valence-electron chi connectivity index (χ4n) is 7.95. The molecule has 0 unspecified atom stereocenters. The van der Waals surface area contributed by atoms with Gasteiger partial charge < -0.3 is 19.4 Å². The summed E-state index contributed by atoms with van der Waals surface area (Å²) in [7, 11) is 0. The zero-order chi connectivity index (χ0) is 42.5. The minimum absolute atomic E-state index is 0. The molecule has 2 nitrogen and oxygen atoms in total. The summed E-state index contributed by atoms with van der Waals surface area (Å²) >= 11 is 0. The van der Waals surface area contributed by atoms with Gasteiger partial charge in [-0.3, -0.25) is 0 Å². The molecule has 0 bridgehead atoms. The van der Waals surface area contributed by atoms with E-state index in [1.54, 1.807) is 4.70 Å². The summed E-state index contributed by atoms with van der Waals surface area (Å²) in [6.45, 7) is 21.1. The maximum atomic E-state index is 12.0. The van der Waals surface area contributed by atoms with Crippen LogP contribution in [0.2, 0.25) is 0 Å². The second-order valence-corrected chi connectivity index (χ2v) is 17.1. The third-order valence-electron chi connectivity index (χ3n) is 11.7. The van der Waals surface area contributed by atoms with Crippen LogP contribution in [0.1, 0.15) is 256 Å². The van der Waals surface area contributed by atoms with Crippen LogP contribution in [0.4, 0.5) is 0 Å². The fraction of sp³-hybridized carbons (Fsp3) is 0.679. The fourth-order valence-corrected chi connectivity index (χ4v) is 7.95. The molecule has 0 aromatic heterocycles. The van der Waals surface area contributed by atoms with Crippen LogP contribution >= 0.6 is 0 Å². The van der Waals surface area contributed by atoms with Crippen LogP contribution in [0.3, 0.4) is 0 Å². The molecule has 3 rings (SSSR count). The van der Waals surface area contributed by atoms with Crippen LogP contribution < -0.4 is 0 Å². The van der Waals surface area contributed by atoms with Gasteiger partial charge in [-0.05, 0) is 86.8 Å². The smallest absolute Gasteiger partial charge is 0.493 e. The summed E-state index contributed by atoms with van der Waals surface area (Å²) in [6.07, 6.45) is 40.5. The average molecular weight is 854 g/mol. The summed E-state index contributed by atoms with van der Waals surface area (Å²) in [5, 5.41) is 0. The van der Waals surface area contributed by atoms with Crippen LogP contribution in [0, 0.1) is 13.8 Å². The molecule has 2 aromatic rings. The molecule has 3 heteroatoms. The van der Waals surface area contributed by atoms with Crippen molar-refractivity contribution in [2.45, 2.75) is 247 Å². The van der Waals surface area contributed by atoms with Crippen molar-refractivity contribution in [3.63, 3.8) is 0 Å². The molecule has 0 radical (unpaired) electrons. The van der Waals surface area contributed by atoms with Gasteiger partial charge in [-0.25, -0.2) is 4.70 Å². The molecule has 0 atom stereocenters. The molecular weight excluding hydrogens is 759 g/mol. The zero-order valence-electron chi connectivity index (χ0n) is 39.9. The largest absolute Gasteiger partial charge is 2.00 e. The van der Waals surface area contributed by atoms with Crippen LogP contribution in [-0.2, 0) is 29.3 Å².